The second-order valence-electron chi connectivity index (χ2n) is 3.66. The van der Waals surface area contributed by atoms with E-state index in [1.165, 1.54) is 12.4 Å². The number of benzene rings is 1. The highest BCUT2D eigenvalue weighted by atomic mass is 14.9. The average Bonchev–Trinajstić information content (AvgIpc) is 2.83. The van der Waals surface area contributed by atoms with E-state index in [9.17, 15) is 0 Å². The van der Waals surface area contributed by atoms with Gasteiger partial charge in [-0.1, -0.05) is 18.2 Å². The number of aromatic nitrogens is 3. The first-order valence-electron chi connectivity index (χ1n) is 5.17. The van der Waals surface area contributed by atoms with Crippen molar-refractivity contribution >= 4 is 10.9 Å². The maximum Gasteiger partial charge on any atom is 0.161 e. The fourth-order valence-corrected chi connectivity index (χ4v) is 1.78. The first-order chi connectivity index (χ1) is 8.38. The Bertz CT molecular complexity index is 704. The second kappa shape index (κ2) is 3.72. The maximum absolute atomic E-state index is 8.69. The van der Waals surface area contributed by atoms with Crippen molar-refractivity contribution in [3.05, 3.63) is 48.4 Å². The molecule has 3 aromatic rings. The number of H-pyrrole nitrogens is 1. The number of nitrogens with one attached hydrogen (secondary N) is 1. The lowest BCUT2D eigenvalue weighted by molar-refractivity contribution is 1.16. The van der Waals surface area contributed by atoms with Crippen LogP contribution in [-0.2, 0) is 0 Å². The van der Waals surface area contributed by atoms with Crippen LogP contribution in [0.5, 0.6) is 0 Å². The molecule has 0 bridgehead atoms. The van der Waals surface area contributed by atoms with Gasteiger partial charge in [0, 0.05) is 35.1 Å². The van der Waals surface area contributed by atoms with Gasteiger partial charge >= 0.3 is 0 Å². The van der Waals surface area contributed by atoms with Crippen LogP contribution in [0, 0.1) is 11.3 Å². The van der Waals surface area contributed by atoms with Crippen molar-refractivity contribution in [1.82, 2.24) is 15.0 Å². The minimum Gasteiger partial charge on any atom is -0.360 e. The molecule has 1 aromatic carbocycles. The predicted molar refractivity (Wildman–Crippen MR) is 64.0 cm³/mol. The van der Waals surface area contributed by atoms with Crippen LogP contribution in [0.25, 0.3) is 22.3 Å². The van der Waals surface area contributed by atoms with Crippen LogP contribution in [-0.4, -0.2) is 15.0 Å². The molecule has 0 radical (unpaired) electrons. The molecule has 4 nitrogen and oxygen atoms in total. The zero-order valence-electron chi connectivity index (χ0n) is 8.88. The number of hydrogen-bond acceptors (Lipinski definition) is 3. The first-order valence-corrected chi connectivity index (χ1v) is 5.17. The Kier molecular flexibility index (Phi) is 2.09. The van der Waals surface area contributed by atoms with Gasteiger partial charge in [-0.3, -0.25) is 0 Å². The van der Waals surface area contributed by atoms with E-state index < -0.39 is 0 Å². The predicted octanol–water partition coefficient (Wildman–Crippen LogP) is 2.50. The lowest BCUT2D eigenvalue weighted by atomic mass is 10.1. The van der Waals surface area contributed by atoms with Gasteiger partial charge in [-0.05, 0) is 6.07 Å². The van der Waals surface area contributed by atoms with Gasteiger partial charge in [0.05, 0.1) is 5.56 Å². The van der Waals surface area contributed by atoms with Crippen LogP contribution < -0.4 is 0 Å². The van der Waals surface area contributed by atoms with Gasteiger partial charge in [-0.25, -0.2) is 9.97 Å². The van der Waals surface area contributed by atoms with Gasteiger partial charge in [0.2, 0.25) is 0 Å². The largest absolute Gasteiger partial charge is 0.360 e. The number of nitriles is 1. The summed E-state index contributed by atoms with van der Waals surface area (Å²) in [4.78, 5) is 11.5. The summed E-state index contributed by atoms with van der Waals surface area (Å²) in [6, 6.07) is 9.97. The molecule has 3 rings (SSSR count). The quantitative estimate of drug-likeness (QED) is 0.685. The minimum absolute atomic E-state index is 0.466. The van der Waals surface area contributed by atoms with E-state index in [0.29, 0.717) is 11.4 Å². The fourth-order valence-electron chi connectivity index (χ4n) is 1.78. The van der Waals surface area contributed by atoms with Crippen LogP contribution in [0.15, 0.2) is 42.9 Å². The Morgan fingerprint density at radius 1 is 1.12 bits per heavy atom. The summed E-state index contributed by atoms with van der Waals surface area (Å²) in [7, 11) is 0. The van der Waals surface area contributed by atoms with Crippen molar-refractivity contribution in [1.29, 1.82) is 5.26 Å². The number of para-hydroxylation sites is 1. The average molecular weight is 220 g/mol. The van der Waals surface area contributed by atoms with Crippen molar-refractivity contribution < 1.29 is 0 Å². The molecule has 4 heteroatoms. The standard InChI is InChI=1S/C13H8N4/c14-5-9-6-16-13(17-7-9)11-8-15-12-4-2-1-3-10(11)12/h1-4,6-8,15H. The van der Waals surface area contributed by atoms with Crippen LogP contribution in [0.2, 0.25) is 0 Å². The number of nitrogens with zero attached hydrogens (tertiary/aromatic N) is 3. The Hall–Kier alpha value is -2.67. The zero-order valence-corrected chi connectivity index (χ0v) is 8.88. The molecule has 2 heterocycles. The summed E-state index contributed by atoms with van der Waals surface area (Å²) in [5, 5.41) is 9.78. The van der Waals surface area contributed by atoms with Crippen molar-refractivity contribution in [3.8, 4) is 17.5 Å². The summed E-state index contributed by atoms with van der Waals surface area (Å²) in [5.41, 5.74) is 2.47. The zero-order chi connectivity index (χ0) is 11.7. The van der Waals surface area contributed by atoms with E-state index >= 15 is 0 Å². The van der Waals surface area contributed by atoms with Gasteiger partial charge < -0.3 is 4.98 Å². The molecular formula is C13H8N4. The molecule has 17 heavy (non-hydrogen) atoms. The molecule has 0 saturated heterocycles. The van der Waals surface area contributed by atoms with Gasteiger partial charge in [0.15, 0.2) is 5.82 Å². The van der Waals surface area contributed by atoms with E-state index in [2.05, 4.69) is 15.0 Å². The highest BCUT2D eigenvalue weighted by molar-refractivity contribution is 5.93. The Balaban J connectivity index is 2.17. The lowest BCUT2D eigenvalue weighted by Crippen LogP contribution is -1.88. The Labute approximate surface area is 97.6 Å². The van der Waals surface area contributed by atoms with Crippen molar-refractivity contribution in [2.45, 2.75) is 0 Å². The molecule has 0 spiro atoms. The molecule has 0 atom stereocenters. The Morgan fingerprint density at radius 3 is 2.65 bits per heavy atom. The maximum atomic E-state index is 8.69. The molecule has 0 saturated carbocycles. The summed E-state index contributed by atoms with van der Waals surface area (Å²) < 4.78 is 0. The van der Waals surface area contributed by atoms with E-state index in [1.54, 1.807) is 0 Å². The molecule has 2 aromatic heterocycles. The third-order valence-corrected chi connectivity index (χ3v) is 2.61. The molecule has 1 N–H and O–H groups in total. The summed E-state index contributed by atoms with van der Waals surface area (Å²) in [6.07, 6.45) is 4.94. The van der Waals surface area contributed by atoms with Gasteiger partial charge in [0.1, 0.15) is 6.07 Å². The SMILES string of the molecule is N#Cc1cnc(-c2c[nH]c3ccccc23)nc1. The van der Waals surface area contributed by atoms with Crippen molar-refractivity contribution in [2.75, 3.05) is 0 Å². The summed E-state index contributed by atoms with van der Waals surface area (Å²) in [5.74, 6) is 0.626. The van der Waals surface area contributed by atoms with Crippen LogP contribution in [0.1, 0.15) is 5.56 Å². The summed E-state index contributed by atoms with van der Waals surface area (Å²) >= 11 is 0. The normalized spacial score (nSPS) is 10.3. The Morgan fingerprint density at radius 2 is 1.88 bits per heavy atom. The number of aromatic amines is 1. The van der Waals surface area contributed by atoms with Crippen LogP contribution >= 0.6 is 0 Å². The van der Waals surface area contributed by atoms with Crippen molar-refractivity contribution in [3.63, 3.8) is 0 Å². The molecule has 0 aliphatic heterocycles. The molecule has 0 unspecified atom stereocenters. The third kappa shape index (κ3) is 1.54. The number of hydrogen-bond donors (Lipinski definition) is 1. The van der Waals surface area contributed by atoms with Gasteiger partial charge in [-0.15, -0.1) is 0 Å². The second-order valence-corrected chi connectivity index (χ2v) is 3.66. The highest BCUT2D eigenvalue weighted by Crippen LogP contribution is 2.25. The number of rotatable bonds is 1. The van der Waals surface area contributed by atoms with Crippen LogP contribution in [0.4, 0.5) is 0 Å². The molecule has 0 aliphatic rings. The fraction of sp³-hybridized carbons (Fsp3) is 0. The van der Waals surface area contributed by atoms with E-state index in [-0.39, 0.29) is 0 Å². The van der Waals surface area contributed by atoms with Gasteiger partial charge in [0.25, 0.3) is 0 Å². The molecule has 0 amide bonds. The van der Waals surface area contributed by atoms with Gasteiger partial charge in [-0.2, -0.15) is 5.26 Å². The van der Waals surface area contributed by atoms with Crippen LogP contribution in [0.3, 0.4) is 0 Å². The molecule has 0 fully saturated rings. The molecule has 0 aliphatic carbocycles. The number of fused-ring (bicyclic) bond motifs is 1. The summed E-state index contributed by atoms with van der Waals surface area (Å²) in [6.45, 7) is 0. The first kappa shape index (κ1) is 9.55. The third-order valence-electron chi connectivity index (χ3n) is 2.61. The monoisotopic (exact) mass is 220 g/mol. The highest BCUT2D eigenvalue weighted by Gasteiger charge is 2.07. The van der Waals surface area contributed by atoms with Crippen molar-refractivity contribution in [2.24, 2.45) is 0 Å². The molecular weight excluding hydrogens is 212 g/mol. The minimum atomic E-state index is 0.466. The lowest BCUT2D eigenvalue weighted by Gasteiger charge is -1.97. The van der Waals surface area contributed by atoms with E-state index in [0.717, 1.165) is 16.5 Å². The van der Waals surface area contributed by atoms with E-state index in [1.807, 2.05) is 36.5 Å². The molecule has 80 valence electrons. The smallest absolute Gasteiger partial charge is 0.161 e. The van der Waals surface area contributed by atoms with E-state index in [4.69, 9.17) is 5.26 Å². The topological polar surface area (TPSA) is 65.4 Å².